The van der Waals surface area contributed by atoms with Gasteiger partial charge in [0.1, 0.15) is 5.52 Å². The van der Waals surface area contributed by atoms with Crippen LogP contribution in [0, 0.1) is 11.2 Å². The molecule has 0 atom stereocenters. The van der Waals surface area contributed by atoms with Crippen LogP contribution in [-0.2, 0) is 4.74 Å². The van der Waals surface area contributed by atoms with Crippen molar-refractivity contribution in [1.82, 2.24) is 19.5 Å². The number of fused-ring (bicyclic) bond motifs is 1. The Kier molecular flexibility index (Phi) is 3.79. The van der Waals surface area contributed by atoms with Crippen molar-refractivity contribution in [2.24, 2.45) is 5.41 Å². The largest absolute Gasteiger partial charge is 0.380 e. The molecule has 2 fully saturated rings. The standard InChI is InChI=1S/C19H20ClFN6O/c1-10(2)27-14-4-11(15-12(20)5-23-17(22)24-15)3-13(21)16(14)25-18(27)26-6-19(7-26)8-28-9-19/h3-5,10H,6-9H2,1-2H3,(H2,22,23,24). The number of halogens is 2. The molecule has 7 nitrogen and oxygen atoms in total. The number of ether oxygens (including phenoxy) is 1. The minimum Gasteiger partial charge on any atom is -0.380 e. The van der Waals surface area contributed by atoms with Gasteiger partial charge in [-0.1, -0.05) is 11.6 Å². The molecule has 5 rings (SSSR count). The van der Waals surface area contributed by atoms with Crippen LogP contribution in [0.2, 0.25) is 5.02 Å². The van der Waals surface area contributed by atoms with Crippen LogP contribution in [0.3, 0.4) is 0 Å². The lowest BCUT2D eigenvalue weighted by Gasteiger charge is -2.55. The van der Waals surface area contributed by atoms with E-state index in [4.69, 9.17) is 22.1 Å². The summed E-state index contributed by atoms with van der Waals surface area (Å²) in [6, 6.07) is 3.37. The van der Waals surface area contributed by atoms with Crippen molar-refractivity contribution in [3.05, 3.63) is 29.2 Å². The Morgan fingerprint density at radius 2 is 2.00 bits per heavy atom. The molecule has 0 bridgehead atoms. The van der Waals surface area contributed by atoms with Crippen molar-refractivity contribution in [2.75, 3.05) is 36.9 Å². The molecule has 2 saturated heterocycles. The zero-order valence-corrected chi connectivity index (χ0v) is 16.4. The third kappa shape index (κ3) is 2.55. The second-order valence-corrected chi connectivity index (χ2v) is 8.38. The SMILES string of the molecule is CC(C)n1c(N2CC3(COC3)C2)nc2c(F)cc(-c3nc(N)ncc3Cl)cc21. The van der Waals surface area contributed by atoms with Crippen LogP contribution < -0.4 is 10.6 Å². The Balaban J connectivity index is 1.65. The van der Waals surface area contributed by atoms with Gasteiger partial charge in [-0.25, -0.2) is 19.3 Å². The lowest BCUT2D eigenvalue weighted by atomic mass is 9.78. The highest BCUT2D eigenvalue weighted by Gasteiger charge is 2.50. The van der Waals surface area contributed by atoms with Crippen LogP contribution in [0.5, 0.6) is 0 Å². The van der Waals surface area contributed by atoms with Gasteiger partial charge in [-0.2, -0.15) is 0 Å². The maximum atomic E-state index is 15.0. The molecule has 28 heavy (non-hydrogen) atoms. The molecular weight excluding hydrogens is 383 g/mol. The third-order valence-electron chi connectivity index (χ3n) is 5.43. The second kappa shape index (κ2) is 6.02. The zero-order valence-electron chi connectivity index (χ0n) is 15.6. The quantitative estimate of drug-likeness (QED) is 0.724. The van der Waals surface area contributed by atoms with Gasteiger partial charge in [-0.05, 0) is 26.0 Å². The van der Waals surface area contributed by atoms with E-state index < -0.39 is 5.82 Å². The van der Waals surface area contributed by atoms with Crippen LogP contribution in [0.1, 0.15) is 19.9 Å². The predicted octanol–water partition coefficient (Wildman–Crippen LogP) is 3.29. The summed E-state index contributed by atoms with van der Waals surface area (Å²) in [5.41, 5.74) is 7.95. The Morgan fingerprint density at radius 3 is 2.64 bits per heavy atom. The van der Waals surface area contributed by atoms with Gasteiger partial charge in [0.05, 0.1) is 41.1 Å². The minimum atomic E-state index is -0.413. The van der Waals surface area contributed by atoms with E-state index >= 15 is 4.39 Å². The van der Waals surface area contributed by atoms with E-state index in [9.17, 15) is 0 Å². The van der Waals surface area contributed by atoms with E-state index in [1.165, 1.54) is 12.3 Å². The summed E-state index contributed by atoms with van der Waals surface area (Å²) in [5, 5.41) is 0.318. The van der Waals surface area contributed by atoms with Crippen LogP contribution in [0.15, 0.2) is 18.3 Å². The molecule has 2 N–H and O–H groups in total. The van der Waals surface area contributed by atoms with Crippen molar-refractivity contribution in [2.45, 2.75) is 19.9 Å². The maximum Gasteiger partial charge on any atom is 0.220 e. The number of hydrogen-bond acceptors (Lipinski definition) is 6. The first-order valence-electron chi connectivity index (χ1n) is 9.19. The first kappa shape index (κ1) is 17.6. The highest BCUT2D eigenvalue weighted by Crippen LogP contribution is 2.42. The van der Waals surface area contributed by atoms with Gasteiger partial charge in [0, 0.05) is 24.7 Å². The Bertz CT molecular complexity index is 1090. The van der Waals surface area contributed by atoms with Crippen LogP contribution >= 0.6 is 11.6 Å². The molecule has 0 aliphatic carbocycles. The molecule has 3 aromatic rings. The van der Waals surface area contributed by atoms with E-state index in [1.807, 2.05) is 6.07 Å². The highest BCUT2D eigenvalue weighted by molar-refractivity contribution is 6.33. The molecular formula is C19H20ClFN6O. The number of benzene rings is 1. The molecule has 2 aliphatic heterocycles. The fourth-order valence-electron chi connectivity index (χ4n) is 4.07. The zero-order chi connectivity index (χ0) is 19.6. The highest BCUT2D eigenvalue weighted by atomic mass is 35.5. The predicted molar refractivity (Wildman–Crippen MR) is 106 cm³/mol. The van der Waals surface area contributed by atoms with E-state index in [2.05, 4.69) is 38.3 Å². The summed E-state index contributed by atoms with van der Waals surface area (Å²) >= 11 is 6.23. The topological polar surface area (TPSA) is 82.1 Å². The number of rotatable bonds is 3. The molecule has 4 heterocycles. The Hall–Kier alpha value is -2.45. The van der Waals surface area contributed by atoms with Gasteiger partial charge in [0.15, 0.2) is 5.82 Å². The van der Waals surface area contributed by atoms with Gasteiger partial charge >= 0.3 is 0 Å². The average Bonchev–Trinajstić information content (AvgIpc) is 2.94. The molecule has 2 aromatic heterocycles. The summed E-state index contributed by atoms with van der Waals surface area (Å²) in [5.74, 6) is 0.460. The third-order valence-corrected chi connectivity index (χ3v) is 5.71. The van der Waals surface area contributed by atoms with Gasteiger partial charge < -0.3 is 19.9 Å². The Labute approximate surface area is 166 Å². The lowest BCUT2D eigenvalue weighted by Crippen LogP contribution is -2.66. The molecule has 0 amide bonds. The normalized spacial score (nSPS) is 18.0. The van der Waals surface area contributed by atoms with Crippen LogP contribution in [0.25, 0.3) is 22.3 Å². The molecule has 146 valence electrons. The number of nitrogen functional groups attached to an aromatic ring is 1. The number of anilines is 2. The first-order chi connectivity index (χ1) is 13.4. The molecule has 9 heteroatoms. The first-order valence-corrected chi connectivity index (χ1v) is 9.57. The van der Waals surface area contributed by atoms with Gasteiger partial charge in [-0.15, -0.1) is 0 Å². The van der Waals surface area contributed by atoms with Crippen molar-refractivity contribution in [3.63, 3.8) is 0 Å². The Morgan fingerprint density at radius 1 is 1.25 bits per heavy atom. The monoisotopic (exact) mass is 402 g/mol. The molecule has 0 unspecified atom stereocenters. The number of nitrogens with zero attached hydrogens (tertiary/aromatic N) is 5. The maximum absolute atomic E-state index is 15.0. The number of nitrogens with two attached hydrogens (primary N) is 1. The molecule has 0 saturated carbocycles. The van der Waals surface area contributed by atoms with E-state index in [1.54, 1.807) is 0 Å². The number of imidazole rings is 1. The molecule has 0 radical (unpaired) electrons. The fraction of sp³-hybridized carbons (Fsp3) is 0.421. The van der Waals surface area contributed by atoms with E-state index in [0.29, 0.717) is 27.3 Å². The minimum absolute atomic E-state index is 0.0894. The molecule has 1 aromatic carbocycles. The summed E-state index contributed by atoms with van der Waals surface area (Å²) < 4.78 is 22.4. The second-order valence-electron chi connectivity index (χ2n) is 7.97. The lowest BCUT2D eigenvalue weighted by molar-refractivity contribution is -0.127. The van der Waals surface area contributed by atoms with Crippen molar-refractivity contribution < 1.29 is 9.13 Å². The van der Waals surface area contributed by atoms with E-state index in [-0.39, 0.29) is 17.4 Å². The van der Waals surface area contributed by atoms with Crippen molar-refractivity contribution in [3.8, 4) is 11.3 Å². The summed E-state index contributed by atoms with van der Waals surface area (Å²) in [7, 11) is 0. The number of hydrogen-bond donors (Lipinski definition) is 1. The fourth-order valence-corrected chi connectivity index (χ4v) is 4.27. The summed E-state index contributed by atoms with van der Waals surface area (Å²) in [4.78, 5) is 14.9. The van der Waals surface area contributed by atoms with Gasteiger partial charge in [0.25, 0.3) is 0 Å². The van der Waals surface area contributed by atoms with Crippen LogP contribution in [0.4, 0.5) is 16.3 Å². The molecule has 2 aliphatic rings. The van der Waals surface area contributed by atoms with E-state index in [0.717, 1.165) is 32.3 Å². The van der Waals surface area contributed by atoms with Crippen LogP contribution in [-0.4, -0.2) is 45.8 Å². The average molecular weight is 403 g/mol. The van der Waals surface area contributed by atoms with Gasteiger partial charge in [0.2, 0.25) is 11.9 Å². The summed E-state index contributed by atoms with van der Waals surface area (Å²) in [6.07, 6.45) is 1.42. The molecule has 1 spiro atoms. The van der Waals surface area contributed by atoms with Crippen molar-refractivity contribution in [1.29, 1.82) is 0 Å². The van der Waals surface area contributed by atoms with Gasteiger partial charge in [-0.3, -0.25) is 0 Å². The smallest absolute Gasteiger partial charge is 0.220 e. The van der Waals surface area contributed by atoms with Crippen molar-refractivity contribution >= 4 is 34.5 Å². The number of aromatic nitrogens is 4. The summed E-state index contributed by atoms with van der Waals surface area (Å²) in [6.45, 7) is 7.46.